The Labute approximate surface area is 235 Å². The fourth-order valence-corrected chi connectivity index (χ4v) is 12.6. The van der Waals surface area contributed by atoms with E-state index in [-0.39, 0.29) is 0 Å². The number of allylic oxidation sites excluding steroid dienone is 4. The van der Waals surface area contributed by atoms with E-state index in [1.54, 1.807) is 10.4 Å². The van der Waals surface area contributed by atoms with E-state index in [1.165, 1.54) is 54.3 Å². The maximum atomic E-state index is 2.56. The number of rotatable bonds is 5. The van der Waals surface area contributed by atoms with Crippen LogP contribution in [0.25, 0.3) is 17.2 Å². The molecule has 0 aliphatic heterocycles. The van der Waals surface area contributed by atoms with Crippen molar-refractivity contribution in [2.45, 2.75) is 45.7 Å². The molecule has 194 valence electrons. The molecule has 2 aliphatic carbocycles. The molecular formula is C37H38Si2. The lowest BCUT2D eigenvalue weighted by atomic mass is 9.88. The van der Waals surface area contributed by atoms with Gasteiger partial charge < -0.3 is 0 Å². The van der Waals surface area contributed by atoms with Crippen LogP contribution in [0, 0.1) is 10.4 Å². The zero-order valence-corrected chi connectivity index (χ0v) is 26.1. The molecule has 2 heteroatoms. The molecule has 0 nitrogen and oxygen atoms in total. The third kappa shape index (κ3) is 4.46. The molecule has 0 aromatic heterocycles. The van der Waals surface area contributed by atoms with Gasteiger partial charge in [-0.2, -0.15) is 0 Å². The first-order valence-corrected chi connectivity index (χ1v) is 21.2. The summed E-state index contributed by atoms with van der Waals surface area (Å²) in [4.78, 5) is 0. The Morgan fingerprint density at radius 2 is 1.21 bits per heavy atom. The summed E-state index contributed by atoms with van der Waals surface area (Å²) < 4.78 is 0. The Morgan fingerprint density at radius 3 is 1.74 bits per heavy atom. The van der Waals surface area contributed by atoms with Gasteiger partial charge in [-0.15, -0.1) is 0 Å². The third-order valence-corrected chi connectivity index (χ3v) is 12.3. The summed E-state index contributed by atoms with van der Waals surface area (Å²) in [5.41, 5.74) is 8.30. The highest BCUT2D eigenvalue weighted by Crippen LogP contribution is 2.30. The van der Waals surface area contributed by atoms with Crippen LogP contribution >= 0.6 is 0 Å². The van der Waals surface area contributed by atoms with Gasteiger partial charge in [-0.3, -0.25) is 0 Å². The molecular weight excluding hydrogens is 501 g/mol. The van der Waals surface area contributed by atoms with Gasteiger partial charge in [0.15, 0.2) is 0 Å². The Hall–Kier alpha value is -3.47. The Kier molecular flexibility index (Phi) is 6.36. The lowest BCUT2D eigenvalue weighted by Crippen LogP contribution is -2.64. The molecule has 2 aliphatic rings. The molecule has 0 fully saturated rings. The van der Waals surface area contributed by atoms with Crippen molar-refractivity contribution in [2.75, 3.05) is 0 Å². The number of hydrogen-bond acceptors (Lipinski definition) is 0. The van der Waals surface area contributed by atoms with E-state index in [1.807, 2.05) is 0 Å². The maximum absolute atomic E-state index is 2.56. The second kappa shape index (κ2) is 9.62. The Balaban J connectivity index is 2.03. The molecule has 0 atom stereocenters. The van der Waals surface area contributed by atoms with Gasteiger partial charge in [0.05, 0.1) is 16.1 Å². The highest BCUT2D eigenvalue weighted by Gasteiger charge is 2.35. The van der Waals surface area contributed by atoms with E-state index in [0.717, 1.165) is 6.42 Å². The topological polar surface area (TPSA) is 0 Å². The second-order valence-corrected chi connectivity index (χ2v) is 23.0. The minimum atomic E-state index is -1.85. The van der Waals surface area contributed by atoms with Gasteiger partial charge in [-0.25, -0.2) is 0 Å². The SMILES string of the molecule is C[Si](C)(C)c1c([Si](C)(C)C)c2c(c(C3=CC=CC3)c1=C(c1ccccc1)c1ccccc1)C=c1ccccc1=2. The summed E-state index contributed by atoms with van der Waals surface area (Å²) in [6.45, 7) is 15.3. The van der Waals surface area contributed by atoms with Crippen molar-refractivity contribution >= 4 is 43.7 Å². The quantitative estimate of drug-likeness (QED) is 0.216. The average molecular weight is 539 g/mol. The van der Waals surface area contributed by atoms with Crippen molar-refractivity contribution in [2.24, 2.45) is 0 Å². The molecule has 0 amide bonds. The first-order valence-electron chi connectivity index (χ1n) is 14.2. The fraction of sp³-hybridized carbons (Fsp3) is 0.189. The van der Waals surface area contributed by atoms with Crippen LogP contribution in [0.15, 0.2) is 103 Å². The van der Waals surface area contributed by atoms with Gasteiger partial charge >= 0.3 is 0 Å². The molecule has 0 saturated heterocycles. The molecule has 0 radical (unpaired) electrons. The van der Waals surface area contributed by atoms with E-state index in [0.29, 0.717) is 0 Å². The zero-order valence-electron chi connectivity index (χ0n) is 24.1. The van der Waals surface area contributed by atoms with Crippen molar-refractivity contribution in [3.05, 3.63) is 146 Å². The first-order chi connectivity index (χ1) is 18.7. The molecule has 0 bridgehead atoms. The second-order valence-electron chi connectivity index (χ2n) is 13.0. The van der Waals surface area contributed by atoms with E-state index in [4.69, 9.17) is 0 Å². The number of hydrogen-bond donors (Lipinski definition) is 0. The highest BCUT2D eigenvalue weighted by molar-refractivity contribution is 6.98. The van der Waals surface area contributed by atoms with E-state index in [9.17, 15) is 0 Å². The summed E-state index contributed by atoms with van der Waals surface area (Å²) in [5.74, 6) is 0. The molecule has 4 aromatic carbocycles. The molecule has 39 heavy (non-hydrogen) atoms. The van der Waals surface area contributed by atoms with E-state index in [2.05, 4.69) is 149 Å². The molecule has 4 aromatic rings. The Bertz CT molecular complexity index is 1820. The summed E-state index contributed by atoms with van der Waals surface area (Å²) in [6, 6.07) is 31.3. The lowest BCUT2D eigenvalue weighted by Gasteiger charge is -2.33. The minimum Gasteiger partial charge on any atom is -0.0801 e. The molecule has 0 heterocycles. The predicted molar refractivity (Wildman–Crippen MR) is 176 cm³/mol. The summed E-state index contributed by atoms with van der Waals surface area (Å²) >= 11 is 0. The average Bonchev–Trinajstić information content (AvgIpc) is 3.56. The van der Waals surface area contributed by atoms with Crippen molar-refractivity contribution < 1.29 is 0 Å². The summed E-state index contributed by atoms with van der Waals surface area (Å²) in [5, 5.41) is 9.13. The van der Waals surface area contributed by atoms with Crippen LogP contribution in [-0.4, -0.2) is 16.1 Å². The van der Waals surface area contributed by atoms with Crippen LogP contribution in [0.2, 0.25) is 39.3 Å². The smallest absolute Gasteiger partial charge is 0.0783 e. The molecule has 0 saturated carbocycles. The van der Waals surface area contributed by atoms with Crippen molar-refractivity contribution in [1.82, 2.24) is 0 Å². The fourth-order valence-electron chi connectivity index (χ4n) is 6.58. The summed E-state index contributed by atoms with van der Waals surface area (Å²) in [6.07, 6.45) is 10.4. The van der Waals surface area contributed by atoms with Crippen LogP contribution in [0.3, 0.4) is 0 Å². The van der Waals surface area contributed by atoms with Gasteiger partial charge in [-0.1, -0.05) is 153 Å². The van der Waals surface area contributed by atoms with Gasteiger partial charge in [0, 0.05) is 0 Å². The van der Waals surface area contributed by atoms with Crippen molar-refractivity contribution in [1.29, 1.82) is 0 Å². The number of fused-ring (bicyclic) bond motifs is 2. The van der Waals surface area contributed by atoms with E-state index < -0.39 is 16.1 Å². The Morgan fingerprint density at radius 1 is 0.641 bits per heavy atom. The minimum absolute atomic E-state index is 0.984. The molecule has 6 rings (SSSR count). The van der Waals surface area contributed by atoms with Crippen LogP contribution < -0.4 is 20.8 Å². The van der Waals surface area contributed by atoms with Gasteiger partial charge in [-0.05, 0) is 66.8 Å². The van der Waals surface area contributed by atoms with Crippen LogP contribution in [-0.2, 0) is 0 Å². The van der Waals surface area contributed by atoms with Gasteiger partial charge in [0.2, 0.25) is 0 Å². The number of benzene rings is 4. The van der Waals surface area contributed by atoms with Gasteiger partial charge in [0.1, 0.15) is 0 Å². The summed E-state index contributed by atoms with van der Waals surface area (Å²) in [7, 11) is -3.64. The normalized spacial score (nSPS) is 14.1. The van der Waals surface area contributed by atoms with Crippen molar-refractivity contribution in [3.8, 4) is 0 Å². The lowest BCUT2D eigenvalue weighted by molar-refractivity contribution is 1.37. The van der Waals surface area contributed by atoms with Crippen LogP contribution in [0.5, 0.6) is 0 Å². The van der Waals surface area contributed by atoms with Crippen LogP contribution in [0.4, 0.5) is 0 Å². The zero-order chi connectivity index (χ0) is 27.4. The highest BCUT2D eigenvalue weighted by atomic mass is 28.3. The standard InChI is InChI=1S/C37H38Si2/c1-38(2,3)36-34-30-24-16-15-23-29(30)25-31(34)33(28-21-13-14-22-28)35(37(36)39(4,5)6)32(26-17-9-7-10-18-26)27-19-11-8-12-20-27/h7-21,23-25H,22H2,1-6H3. The monoisotopic (exact) mass is 538 g/mol. The molecule has 0 N–H and O–H groups in total. The van der Waals surface area contributed by atoms with E-state index >= 15 is 0 Å². The molecule has 0 unspecified atom stereocenters. The molecule has 0 spiro atoms. The maximum Gasteiger partial charge on any atom is 0.0783 e. The largest absolute Gasteiger partial charge is 0.0801 e. The van der Waals surface area contributed by atoms with Crippen LogP contribution in [0.1, 0.15) is 28.7 Å². The first kappa shape index (κ1) is 25.8. The third-order valence-electron chi connectivity index (χ3n) is 8.04. The van der Waals surface area contributed by atoms with Crippen molar-refractivity contribution in [3.63, 3.8) is 0 Å². The predicted octanol–water partition coefficient (Wildman–Crippen LogP) is 6.80. The van der Waals surface area contributed by atoms with Gasteiger partial charge in [0.25, 0.3) is 0 Å².